The van der Waals surface area contributed by atoms with Gasteiger partial charge in [0.2, 0.25) is 0 Å². The molecule has 0 fully saturated rings. The second-order valence-electron chi connectivity index (χ2n) is 5.11. The molecule has 0 saturated carbocycles. The van der Waals surface area contributed by atoms with E-state index in [0.717, 1.165) is 5.56 Å². The third kappa shape index (κ3) is 4.53. The van der Waals surface area contributed by atoms with E-state index in [0.29, 0.717) is 30.9 Å². The summed E-state index contributed by atoms with van der Waals surface area (Å²) in [5, 5.41) is 0. The lowest BCUT2D eigenvalue weighted by molar-refractivity contribution is 0.0525. The molecule has 2 rings (SSSR count). The summed E-state index contributed by atoms with van der Waals surface area (Å²) < 4.78 is 12.1. The van der Waals surface area contributed by atoms with Gasteiger partial charge >= 0.3 is 5.97 Å². The predicted octanol–water partition coefficient (Wildman–Crippen LogP) is 2.55. The van der Waals surface area contributed by atoms with E-state index in [1.165, 1.54) is 0 Å². The highest BCUT2D eigenvalue weighted by Crippen LogP contribution is 2.05. The number of aromatic nitrogens is 1. The number of esters is 1. The Kier molecular flexibility index (Phi) is 6.11. The lowest BCUT2D eigenvalue weighted by atomic mass is 10.1. The molecule has 5 heteroatoms. The fourth-order valence-electron chi connectivity index (χ4n) is 2.22. The van der Waals surface area contributed by atoms with Gasteiger partial charge in [-0.15, -0.1) is 0 Å². The zero-order valence-corrected chi connectivity index (χ0v) is 13.5. The van der Waals surface area contributed by atoms with Crippen LogP contribution < -0.4 is 5.56 Å². The van der Waals surface area contributed by atoms with E-state index in [2.05, 4.69) is 0 Å². The topological polar surface area (TPSA) is 57.5 Å². The number of carbonyl (C=O) groups excluding carboxylic acids is 1. The summed E-state index contributed by atoms with van der Waals surface area (Å²) in [5.41, 5.74) is 1.61. The minimum atomic E-state index is -0.463. The van der Waals surface area contributed by atoms with Crippen molar-refractivity contribution in [2.45, 2.75) is 27.0 Å². The molecule has 1 aromatic heterocycles. The lowest BCUT2D eigenvalue weighted by Gasteiger charge is -2.10. The van der Waals surface area contributed by atoms with Crippen LogP contribution in [0.15, 0.2) is 47.4 Å². The minimum absolute atomic E-state index is 0.195. The second kappa shape index (κ2) is 8.29. The Morgan fingerprint density at radius 2 is 1.91 bits per heavy atom. The van der Waals surface area contributed by atoms with E-state index in [9.17, 15) is 9.59 Å². The number of carbonyl (C=O) groups is 1. The largest absolute Gasteiger partial charge is 0.462 e. The van der Waals surface area contributed by atoms with E-state index < -0.39 is 5.97 Å². The molecular weight excluding hydrogens is 294 g/mol. The van der Waals surface area contributed by atoms with Gasteiger partial charge in [0.1, 0.15) is 0 Å². The van der Waals surface area contributed by atoms with Crippen molar-refractivity contribution in [2.24, 2.45) is 0 Å². The second-order valence-corrected chi connectivity index (χ2v) is 5.11. The average molecular weight is 315 g/mol. The maximum Gasteiger partial charge on any atom is 0.338 e. The molecule has 5 nitrogen and oxygen atoms in total. The standard InChI is InChI=1S/C18H21NO4/c1-3-23-18(21)16-9-10-19(17(20)14(16)2)11-12-22-13-15-7-5-4-6-8-15/h4-10H,3,11-13H2,1-2H3. The first-order valence-electron chi connectivity index (χ1n) is 7.62. The van der Waals surface area contributed by atoms with Crippen LogP contribution in [0.4, 0.5) is 0 Å². The number of nitrogens with zero attached hydrogens (tertiary/aromatic N) is 1. The minimum Gasteiger partial charge on any atom is -0.462 e. The van der Waals surface area contributed by atoms with Crippen molar-refractivity contribution in [3.8, 4) is 0 Å². The Labute approximate surface area is 135 Å². The summed E-state index contributed by atoms with van der Waals surface area (Å²) in [5.74, 6) is -0.463. The normalized spacial score (nSPS) is 10.5. The van der Waals surface area contributed by atoms with Crippen molar-refractivity contribution in [1.29, 1.82) is 0 Å². The molecule has 0 aliphatic rings. The molecule has 2 aromatic rings. The van der Waals surface area contributed by atoms with E-state index in [1.807, 2.05) is 30.3 Å². The van der Waals surface area contributed by atoms with Gasteiger partial charge in [0.05, 0.1) is 25.4 Å². The third-order valence-electron chi connectivity index (χ3n) is 3.49. The Morgan fingerprint density at radius 1 is 1.17 bits per heavy atom. The number of hydrogen-bond acceptors (Lipinski definition) is 4. The molecule has 1 heterocycles. The number of rotatable bonds is 7. The van der Waals surface area contributed by atoms with Crippen LogP contribution in [0.5, 0.6) is 0 Å². The highest BCUT2D eigenvalue weighted by Gasteiger charge is 2.13. The number of hydrogen-bond donors (Lipinski definition) is 0. The van der Waals surface area contributed by atoms with E-state index in [-0.39, 0.29) is 12.2 Å². The first kappa shape index (κ1) is 17.0. The van der Waals surface area contributed by atoms with Gasteiger partial charge in [-0.1, -0.05) is 30.3 Å². The van der Waals surface area contributed by atoms with Gasteiger partial charge in [0.15, 0.2) is 0 Å². The van der Waals surface area contributed by atoms with Crippen LogP contribution in [0.25, 0.3) is 0 Å². The van der Waals surface area contributed by atoms with Gasteiger partial charge in [0, 0.05) is 18.3 Å². The van der Waals surface area contributed by atoms with Gasteiger partial charge in [-0.3, -0.25) is 4.79 Å². The van der Waals surface area contributed by atoms with Gasteiger partial charge in [-0.05, 0) is 25.5 Å². The molecule has 0 amide bonds. The van der Waals surface area contributed by atoms with E-state index in [4.69, 9.17) is 9.47 Å². The zero-order chi connectivity index (χ0) is 16.7. The molecule has 23 heavy (non-hydrogen) atoms. The van der Waals surface area contributed by atoms with Gasteiger partial charge < -0.3 is 14.0 Å². The van der Waals surface area contributed by atoms with Crippen molar-refractivity contribution < 1.29 is 14.3 Å². The molecule has 0 aliphatic carbocycles. The Balaban J connectivity index is 1.94. The first-order chi connectivity index (χ1) is 11.1. The van der Waals surface area contributed by atoms with Crippen LogP contribution in [0.3, 0.4) is 0 Å². The van der Waals surface area contributed by atoms with E-state index in [1.54, 1.807) is 30.7 Å². The molecule has 0 atom stereocenters. The molecular formula is C18H21NO4. The molecule has 0 bridgehead atoms. The molecule has 0 radical (unpaired) electrons. The summed E-state index contributed by atoms with van der Waals surface area (Å²) in [4.78, 5) is 24.0. The van der Waals surface area contributed by atoms with Gasteiger partial charge in [0.25, 0.3) is 5.56 Å². The smallest absolute Gasteiger partial charge is 0.338 e. The summed E-state index contributed by atoms with van der Waals surface area (Å²) in [6.07, 6.45) is 1.60. The summed E-state index contributed by atoms with van der Waals surface area (Å²) in [6, 6.07) is 11.5. The Morgan fingerprint density at radius 3 is 2.61 bits per heavy atom. The Bertz CT molecular complexity index is 707. The molecule has 122 valence electrons. The first-order valence-corrected chi connectivity index (χ1v) is 7.62. The Hall–Kier alpha value is -2.40. The monoisotopic (exact) mass is 315 g/mol. The third-order valence-corrected chi connectivity index (χ3v) is 3.49. The quantitative estimate of drug-likeness (QED) is 0.582. The molecule has 0 spiro atoms. The van der Waals surface area contributed by atoms with E-state index >= 15 is 0 Å². The maximum atomic E-state index is 12.3. The summed E-state index contributed by atoms with van der Waals surface area (Å²) >= 11 is 0. The van der Waals surface area contributed by atoms with Crippen LogP contribution in [-0.4, -0.2) is 23.8 Å². The number of ether oxygens (including phenoxy) is 2. The molecule has 0 N–H and O–H groups in total. The average Bonchev–Trinajstić information content (AvgIpc) is 2.56. The van der Waals surface area contributed by atoms with Crippen LogP contribution in [0.2, 0.25) is 0 Å². The fraction of sp³-hybridized carbons (Fsp3) is 0.333. The van der Waals surface area contributed by atoms with Gasteiger partial charge in [-0.2, -0.15) is 0 Å². The predicted molar refractivity (Wildman–Crippen MR) is 87.5 cm³/mol. The maximum absolute atomic E-state index is 12.3. The lowest BCUT2D eigenvalue weighted by Crippen LogP contribution is -2.26. The highest BCUT2D eigenvalue weighted by atomic mass is 16.5. The fourth-order valence-corrected chi connectivity index (χ4v) is 2.22. The SMILES string of the molecule is CCOC(=O)c1ccn(CCOCc2ccccc2)c(=O)c1C. The van der Waals surface area contributed by atoms with Gasteiger partial charge in [-0.25, -0.2) is 4.79 Å². The van der Waals surface area contributed by atoms with Crippen LogP contribution in [-0.2, 0) is 22.6 Å². The molecule has 0 unspecified atom stereocenters. The van der Waals surface area contributed by atoms with Crippen molar-refractivity contribution in [3.63, 3.8) is 0 Å². The molecule has 1 aromatic carbocycles. The zero-order valence-electron chi connectivity index (χ0n) is 13.5. The number of pyridine rings is 1. The number of benzene rings is 1. The molecule has 0 aliphatic heterocycles. The highest BCUT2D eigenvalue weighted by molar-refractivity contribution is 5.90. The van der Waals surface area contributed by atoms with Crippen molar-refractivity contribution >= 4 is 5.97 Å². The van der Waals surface area contributed by atoms with Crippen LogP contribution >= 0.6 is 0 Å². The van der Waals surface area contributed by atoms with Crippen LogP contribution in [0, 0.1) is 6.92 Å². The van der Waals surface area contributed by atoms with Crippen LogP contribution in [0.1, 0.15) is 28.4 Å². The summed E-state index contributed by atoms with van der Waals surface area (Å²) in [7, 11) is 0. The van der Waals surface area contributed by atoms with Crippen molar-refractivity contribution in [2.75, 3.05) is 13.2 Å². The summed E-state index contributed by atoms with van der Waals surface area (Å²) in [6.45, 7) is 5.03. The molecule has 0 saturated heterocycles. The van der Waals surface area contributed by atoms with Crippen molar-refractivity contribution in [3.05, 3.63) is 69.6 Å². The van der Waals surface area contributed by atoms with Crippen molar-refractivity contribution in [1.82, 2.24) is 4.57 Å².